The maximum absolute atomic E-state index is 10.4. The first-order valence-corrected chi connectivity index (χ1v) is 7.21. The number of aliphatic hydroxyl groups excluding tert-OH is 1. The van der Waals surface area contributed by atoms with Crippen LogP contribution in [0, 0.1) is 11.8 Å². The van der Waals surface area contributed by atoms with Crippen LogP contribution in [0.5, 0.6) is 0 Å². The highest BCUT2D eigenvalue weighted by molar-refractivity contribution is 9.10. The molecule has 1 aromatic heterocycles. The van der Waals surface area contributed by atoms with Crippen molar-refractivity contribution in [2.45, 2.75) is 45.5 Å². The van der Waals surface area contributed by atoms with Gasteiger partial charge in [0.1, 0.15) is 0 Å². The molecule has 3 nitrogen and oxygen atoms in total. The zero-order valence-corrected chi connectivity index (χ0v) is 12.6. The van der Waals surface area contributed by atoms with Gasteiger partial charge in [0.05, 0.1) is 18.3 Å². The molecule has 0 amide bonds. The summed E-state index contributed by atoms with van der Waals surface area (Å²) in [6.07, 6.45) is 4.15. The summed E-state index contributed by atoms with van der Waals surface area (Å²) in [5.74, 6) is 0.578. The lowest BCUT2D eigenvalue weighted by molar-refractivity contribution is 0.0239. The lowest BCUT2D eigenvalue weighted by atomic mass is 9.83. The van der Waals surface area contributed by atoms with E-state index in [2.05, 4.69) is 34.8 Å². The van der Waals surface area contributed by atoms with E-state index in [1.807, 2.05) is 19.2 Å². The van der Waals surface area contributed by atoms with Crippen LogP contribution in [0.25, 0.3) is 0 Å². The van der Waals surface area contributed by atoms with Gasteiger partial charge in [0.15, 0.2) is 0 Å². The largest absolute Gasteiger partial charge is 0.392 e. The van der Waals surface area contributed by atoms with Crippen LogP contribution in [0.4, 0.5) is 0 Å². The van der Waals surface area contributed by atoms with Gasteiger partial charge in [-0.25, -0.2) is 0 Å². The van der Waals surface area contributed by atoms with E-state index < -0.39 is 0 Å². The Hall–Kier alpha value is -0.450. The Morgan fingerprint density at radius 2 is 2.06 bits per heavy atom. The Bertz CT molecular complexity index is 413. The number of pyridine rings is 1. The summed E-state index contributed by atoms with van der Waals surface area (Å²) in [4.78, 5) is 4.13. The van der Waals surface area contributed by atoms with Crippen LogP contribution in [0.1, 0.15) is 26.3 Å². The third-order valence-corrected chi connectivity index (χ3v) is 4.40. The molecule has 0 bridgehead atoms. The quantitative estimate of drug-likeness (QED) is 0.933. The smallest absolute Gasteiger partial charge is 0.0637 e. The van der Waals surface area contributed by atoms with Crippen LogP contribution in [0.15, 0.2) is 22.9 Å². The SMILES string of the molecule is CC1OC(C)C(C(O)Cc2cncc(Br)c2)C1C. The number of aliphatic hydroxyl groups is 1. The Morgan fingerprint density at radius 3 is 2.61 bits per heavy atom. The monoisotopic (exact) mass is 313 g/mol. The van der Waals surface area contributed by atoms with Crippen molar-refractivity contribution in [2.75, 3.05) is 0 Å². The number of ether oxygens (including phenoxy) is 1. The van der Waals surface area contributed by atoms with Gasteiger partial charge in [-0.2, -0.15) is 0 Å². The molecule has 0 saturated carbocycles. The molecule has 5 unspecified atom stereocenters. The molecule has 1 aliphatic heterocycles. The molecule has 1 aliphatic rings. The van der Waals surface area contributed by atoms with Crippen molar-refractivity contribution in [1.29, 1.82) is 0 Å². The van der Waals surface area contributed by atoms with E-state index >= 15 is 0 Å². The zero-order valence-electron chi connectivity index (χ0n) is 11.0. The summed E-state index contributed by atoms with van der Waals surface area (Å²) < 4.78 is 6.73. The molecule has 1 N–H and O–H groups in total. The van der Waals surface area contributed by atoms with E-state index in [0.29, 0.717) is 12.3 Å². The molecule has 0 spiro atoms. The van der Waals surface area contributed by atoms with Crippen molar-refractivity contribution < 1.29 is 9.84 Å². The topological polar surface area (TPSA) is 42.4 Å². The molecule has 1 aromatic rings. The highest BCUT2D eigenvalue weighted by Gasteiger charge is 2.40. The maximum atomic E-state index is 10.4. The van der Waals surface area contributed by atoms with Crippen molar-refractivity contribution in [3.05, 3.63) is 28.5 Å². The molecular weight excluding hydrogens is 294 g/mol. The Labute approximate surface area is 117 Å². The van der Waals surface area contributed by atoms with Crippen LogP contribution in [-0.2, 0) is 11.2 Å². The highest BCUT2D eigenvalue weighted by Crippen LogP contribution is 2.35. The van der Waals surface area contributed by atoms with Gasteiger partial charge in [-0.3, -0.25) is 4.98 Å². The zero-order chi connectivity index (χ0) is 13.3. The van der Waals surface area contributed by atoms with Crippen LogP contribution >= 0.6 is 15.9 Å². The molecule has 1 fully saturated rings. The second-order valence-corrected chi connectivity index (χ2v) is 6.18. The summed E-state index contributed by atoms with van der Waals surface area (Å²) in [7, 11) is 0. The third-order valence-electron chi connectivity index (χ3n) is 3.97. The minimum atomic E-state index is -0.379. The van der Waals surface area contributed by atoms with Crippen LogP contribution in [0.2, 0.25) is 0 Å². The maximum Gasteiger partial charge on any atom is 0.0637 e. The first-order valence-electron chi connectivity index (χ1n) is 6.42. The standard InChI is InChI=1S/C14H20BrNO2/c1-8-9(2)18-10(3)14(8)13(17)5-11-4-12(15)7-16-6-11/h4,6-10,13-14,17H,5H2,1-3H3. The molecule has 18 heavy (non-hydrogen) atoms. The number of halogens is 1. The van der Waals surface area contributed by atoms with Crippen LogP contribution < -0.4 is 0 Å². The predicted molar refractivity (Wildman–Crippen MR) is 74.3 cm³/mol. The fraction of sp³-hybridized carbons (Fsp3) is 0.643. The van der Waals surface area contributed by atoms with E-state index in [0.717, 1.165) is 10.0 Å². The summed E-state index contributed by atoms with van der Waals surface area (Å²) in [5, 5.41) is 10.4. The average Bonchev–Trinajstić information content (AvgIpc) is 2.53. The van der Waals surface area contributed by atoms with Crippen molar-refractivity contribution in [3.63, 3.8) is 0 Å². The van der Waals surface area contributed by atoms with Gasteiger partial charge in [-0.1, -0.05) is 6.92 Å². The molecule has 4 heteroatoms. The van der Waals surface area contributed by atoms with Gasteiger partial charge < -0.3 is 9.84 Å². The summed E-state index contributed by atoms with van der Waals surface area (Å²) in [6.45, 7) is 6.28. The fourth-order valence-electron chi connectivity index (χ4n) is 2.90. The van der Waals surface area contributed by atoms with Gasteiger partial charge in [-0.15, -0.1) is 0 Å². The van der Waals surface area contributed by atoms with Gasteiger partial charge in [0, 0.05) is 29.2 Å². The second-order valence-electron chi connectivity index (χ2n) is 5.27. The molecule has 0 radical (unpaired) electrons. The lowest BCUT2D eigenvalue weighted by Gasteiger charge is -2.24. The molecular formula is C14H20BrNO2. The molecule has 2 heterocycles. The number of hydrogen-bond donors (Lipinski definition) is 1. The molecule has 100 valence electrons. The van der Waals surface area contributed by atoms with Gasteiger partial charge in [0.25, 0.3) is 0 Å². The summed E-state index contributed by atoms with van der Waals surface area (Å²) >= 11 is 3.40. The van der Waals surface area contributed by atoms with Crippen molar-refractivity contribution in [2.24, 2.45) is 11.8 Å². The van der Waals surface area contributed by atoms with E-state index in [1.54, 1.807) is 6.20 Å². The normalized spacial score (nSPS) is 33.6. The van der Waals surface area contributed by atoms with E-state index in [1.165, 1.54) is 0 Å². The van der Waals surface area contributed by atoms with Crippen molar-refractivity contribution >= 4 is 15.9 Å². The average molecular weight is 314 g/mol. The third kappa shape index (κ3) is 2.92. The highest BCUT2D eigenvalue weighted by atomic mass is 79.9. The first kappa shape index (κ1) is 14.0. The summed E-state index contributed by atoms with van der Waals surface area (Å²) in [6, 6.07) is 2.00. The molecule has 5 atom stereocenters. The molecule has 2 rings (SSSR count). The van der Waals surface area contributed by atoms with Crippen LogP contribution in [0.3, 0.4) is 0 Å². The predicted octanol–water partition coefficient (Wildman–Crippen LogP) is 2.81. The first-order chi connectivity index (χ1) is 8.49. The minimum Gasteiger partial charge on any atom is -0.392 e. The van der Waals surface area contributed by atoms with E-state index in [9.17, 15) is 5.11 Å². The molecule has 0 aromatic carbocycles. The second kappa shape index (κ2) is 5.68. The Kier molecular flexibility index (Phi) is 4.41. The summed E-state index contributed by atoms with van der Waals surface area (Å²) in [5.41, 5.74) is 1.05. The fourth-order valence-corrected chi connectivity index (χ4v) is 3.31. The Balaban J connectivity index is 2.06. The number of aromatic nitrogens is 1. The number of hydrogen-bond acceptors (Lipinski definition) is 3. The number of rotatable bonds is 3. The number of nitrogens with zero attached hydrogens (tertiary/aromatic N) is 1. The van der Waals surface area contributed by atoms with Crippen molar-refractivity contribution in [3.8, 4) is 0 Å². The lowest BCUT2D eigenvalue weighted by Crippen LogP contribution is -2.32. The van der Waals surface area contributed by atoms with E-state index in [-0.39, 0.29) is 24.2 Å². The molecule has 0 aliphatic carbocycles. The van der Waals surface area contributed by atoms with Gasteiger partial charge >= 0.3 is 0 Å². The van der Waals surface area contributed by atoms with Gasteiger partial charge in [-0.05, 0) is 47.3 Å². The van der Waals surface area contributed by atoms with Crippen molar-refractivity contribution in [1.82, 2.24) is 4.98 Å². The minimum absolute atomic E-state index is 0.116. The Morgan fingerprint density at radius 1 is 1.33 bits per heavy atom. The van der Waals surface area contributed by atoms with Gasteiger partial charge in [0.2, 0.25) is 0 Å². The molecule has 1 saturated heterocycles. The van der Waals surface area contributed by atoms with E-state index in [4.69, 9.17) is 4.74 Å². The van der Waals surface area contributed by atoms with Crippen LogP contribution in [-0.4, -0.2) is 28.4 Å².